The van der Waals surface area contributed by atoms with Gasteiger partial charge in [-0.1, -0.05) is 44.0 Å². The van der Waals surface area contributed by atoms with Crippen molar-refractivity contribution in [2.24, 2.45) is 11.8 Å². The van der Waals surface area contributed by atoms with Crippen LogP contribution in [-0.4, -0.2) is 12.7 Å². The lowest BCUT2D eigenvalue weighted by molar-refractivity contribution is 0.104. The van der Waals surface area contributed by atoms with Crippen LogP contribution in [0.4, 0.5) is 8.78 Å². The Labute approximate surface area is 203 Å². The van der Waals surface area contributed by atoms with E-state index < -0.39 is 11.6 Å². The molecule has 2 aliphatic rings. The van der Waals surface area contributed by atoms with Crippen LogP contribution in [0.15, 0.2) is 48.2 Å². The van der Waals surface area contributed by atoms with Crippen molar-refractivity contribution in [3.63, 3.8) is 0 Å². The van der Waals surface area contributed by atoms with Gasteiger partial charge in [-0.15, -0.1) is 0 Å². The molecule has 4 rings (SSSR count). The van der Waals surface area contributed by atoms with Crippen molar-refractivity contribution in [1.29, 1.82) is 0 Å². The molecule has 34 heavy (non-hydrogen) atoms. The molecule has 0 saturated heterocycles. The summed E-state index contributed by atoms with van der Waals surface area (Å²) in [4.78, 5) is 0. The second-order valence-corrected chi connectivity index (χ2v) is 9.90. The Balaban J connectivity index is 1.27. The number of hydrogen-bond acceptors (Lipinski definition) is 2. The van der Waals surface area contributed by atoms with Crippen molar-refractivity contribution in [2.75, 3.05) is 6.61 Å². The van der Waals surface area contributed by atoms with Gasteiger partial charge in [-0.05, 0) is 99.0 Å². The fourth-order valence-electron chi connectivity index (χ4n) is 5.58. The number of allylic oxidation sites excluding steroid dienone is 1. The van der Waals surface area contributed by atoms with E-state index in [0.29, 0.717) is 12.2 Å². The third-order valence-electron chi connectivity index (χ3n) is 7.60. The van der Waals surface area contributed by atoms with Crippen LogP contribution < -0.4 is 4.74 Å². The van der Waals surface area contributed by atoms with Crippen LogP contribution in [0.25, 0.3) is 11.1 Å². The van der Waals surface area contributed by atoms with Gasteiger partial charge in [0.2, 0.25) is 5.82 Å². The van der Waals surface area contributed by atoms with Crippen molar-refractivity contribution in [1.82, 2.24) is 0 Å². The molecule has 0 N–H and O–H groups in total. The molecule has 2 nitrogen and oxygen atoms in total. The molecular formula is C30H38F2O2. The molecular weight excluding hydrogens is 430 g/mol. The van der Waals surface area contributed by atoms with Gasteiger partial charge in [0, 0.05) is 5.56 Å². The summed E-state index contributed by atoms with van der Waals surface area (Å²) < 4.78 is 40.0. The van der Waals surface area contributed by atoms with Crippen molar-refractivity contribution in [3.05, 3.63) is 65.4 Å². The molecule has 0 radical (unpaired) electrons. The fraction of sp³-hybridized carbons (Fsp3) is 0.533. The second-order valence-electron chi connectivity index (χ2n) is 9.90. The van der Waals surface area contributed by atoms with Crippen molar-refractivity contribution < 1.29 is 18.3 Å². The van der Waals surface area contributed by atoms with Crippen LogP contribution in [-0.2, 0) is 11.2 Å². The molecule has 2 aromatic rings. The first-order chi connectivity index (χ1) is 16.6. The van der Waals surface area contributed by atoms with E-state index in [1.54, 1.807) is 13.0 Å². The Morgan fingerprint density at radius 3 is 2.29 bits per heavy atom. The summed E-state index contributed by atoms with van der Waals surface area (Å²) in [6.45, 7) is 4.34. The maximum atomic E-state index is 14.5. The first kappa shape index (κ1) is 24.8. The maximum absolute atomic E-state index is 14.5. The summed E-state index contributed by atoms with van der Waals surface area (Å²) in [5.41, 5.74) is 3.63. The zero-order valence-corrected chi connectivity index (χ0v) is 20.6. The Hall–Kier alpha value is -2.36. The molecule has 1 atom stereocenters. The maximum Gasteiger partial charge on any atom is 0.201 e. The van der Waals surface area contributed by atoms with Gasteiger partial charge in [0.05, 0.1) is 19.0 Å². The smallest absolute Gasteiger partial charge is 0.201 e. The predicted octanol–water partition coefficient (Wildman–Crippen LogP) is 8.63. The normalized spacial score (nSPS) is 22.7. The Morgan fingerprint density at radius 1 is 0.882 bits per heavy atom. The highest BCUT2D eigenvalue weighted by Gasteiger charge is 2.26. The molecule has 1 aliphatic heterocycles. The number of halogens is 2. The number of ether oxygens (including phenoxy) is 2. The molecule has 1 unspecified atom stereocenters. The zero-order chi connectivity index (χ0) is 23.9. The van der Waals surface area contributed by atoms with Crippen LogP contribution in [0.3, 0.4) is 0 Å². The van der Waals surface area contributed by atoms with Crippen molar-refractivity contribution >= 4 is 0 Å². The van der Waals surface area contributed by atoms with E-state index in [0.717, 1.165) is 37.5 Å². The largest absolute Gasteiger partial charge is 0.498 e. The Kier molecular flexibility index (Phi) is 8.64. The van der Waals surface area contributed by atoms with E-state index >= 15 is 0 Å². The van der Waals surface area contributed by atoms with E-state index in [1.807, 2.05) is 24.3 Å². The number of rotatable bonds is 9. The highest BCUT2D eigenvalue weighted by molar-refractivity contribution is 5.65. The minimum Gasteiger partial charge on any atom is -0.498 e. The summed E-state index contributed by atoms with van der Waals surface area (Å²) in [6.07, 6.45) is 14.6. The molecule has 0 amide bonds. The summed E-state index contributed by atoms with van der Waals surface area (Å²) in [5, 5.41) is 0. The quantitative estimate of drug-likeness (QED) is 0.367. The molecule has 0 spiro atoms. The fourth-order valence-corrected chi connectivity index (χ4v) is 5.58. The van der Waals surface area contributed by atoms with Gasteiger partial charge in [-0.3, -0.25) is 0 Å². The summed E-state index contributed by atoms with van der Waals surface area (Å²) in [6, 6.07) is 10.8. The number of hydrogen-bond donors (Lipinski definition) is 0. The highest BCUT2D eigenvalue weighted by atomic mass is 19.2. The lowest BCUT2D eigenvalue weighted by Crippen LogP contribution is -2.21. The van der Waals surface area contributed by atoms with Crippen LogP contribution in [0, 0.1) is 23.5 Å². The van der Waals surface area contributed by atoms with Crippen LogP contribution in [0.2, 0.25) is 0 Å². The van der Waals surface area contributed by atoms with Gasteiger partial charge in [0.15, 0.2) is 11.6 Å². The molecule has 4 heteroatoms. The van der Waals surface area contributed by atoms with Crippen molar-refractivity contribution in [3.8, 4) is 16.9 Å². The monoisotopic (exact) mass is 468 g/mol. The number of aryl methyl sites for hydroxylation is 1. The van der Waals surface area contributed by atoms with Gasteiger partial charge in [-0.2, -0.15) is 4.39 Å². The van der Waals surface area contributed by atoms with Gasteiger partial charge < -0.3 is 9.47 Å². The highest BCUT2D eigenvalue weighted by Crippen LogP contribution is 2.38. The standard InChI is InChI=1S/C30H38F2O2/c1-3-5-21-6-11-23(12-7-21)25-15-17-26(34-20-25)16-10-22-8-13-24(14-9-22)27-18-19-28(33-4-2)30(32)29(27)31/h8-9,13-14,18-21,23,26H,3-7,10-12,15-17H2,1-2H3. The average Bonchev–Trinajstić information content (AvgIpc) is 2.87. The van der Waals surface area contributed by atoms with E-state index in [4.69, 9.17) is 9.47 Å². The third kappa shape index (κ3) is 6.00. The van der Waals surface area contributed by atoms with Gasteiger partial charge in [0.25, 0.3) is 0 Å². The van der Waals surface area contributed by atoms with Gasteiger partial charge >= 0.3 is 0 Å². The minimum absolute atomic E-state index is 0.0470. The van der Waals surface area contributed by atoms with Crippen LogP contribution in [0.1, 0.15) is 77.2 Å². The molecule has 1 aliphatic carbocycles. The SMILES string of the molecule is CCCC1CCC(C2=COC(CCc3ccc(-c4ccc(OCC)c(F)c4F)cc3)CC2)CC1. The lowest BCUT2D eigenvalue weighted by atomic mass is 9.76. The summed E-state index contributed by atoms with van der Waals surface area (Å²) >= 11 is 0. The molecule has 0 aromatic heterocycles. The minimum atomic E-state index is -0.931. The first-order valence-corrected chi connectivity index (χ1v) is 13.1. The van der Waals surface area contributed by atoms with E-state index in [9.17, 15) is 8.78 Å². The third-order valence-corrected chi connectivity index (χ3v) is 7.60. The molecule has 1 heterocycles. The second kappa shape index (κ2) is 11.9. The first-order valence-electron chi connectivity index (χ1n) is 13.1. The predicted molar refractivity (Wildman–Crippen MR) is 134 cm³/mol. The number of benzene rings is 2. The summed E-state index contributed by atoms with van der Waals surface area (Å²) in [5.74, 6) is -0.172. The molecule has 0 bridgehead atoms. The molecule has 1 saturated carbocycles. The Bertz CT molecular complexity index is 959. The van der Waals surface area contributed by atoms with E-state index in [1.165, 1.54) is 55.7 Å². The average molecular weight is 469 g/mol. The van der Waals surface area contributed by atoms with Gasteiger partial charge in [-0.25, -0.2) is 4.39 Å². The molecule has 1 fully saturated rings. The summed E-state index contributed by atoms with van der Waals surface area (Å²) in [7, 11) is 0. The molecule has 184 valence electrons. The van der Waals surface area contributed by atoms with Gasteiger partial charge in [0.1, 0.15) is 0 Å². The lowest BCUT2D eigenvalue weighted by Gasteiger charge is -2.33. The van der Waals surface area contributed by atoms with Crippen LogP contribution >= 0.6 is 0 Å². The van der Waals surface area contributed by atoms with Crippen LogP contribution in [0.5, 0.6) is 5.75 Å². The molecule has 2 aromatic carbocycles. The topological polar surface area (TPSA) is 18.5 Å². The zero-order valence-electron chi connectivity index (χ0n) is 20.6. The van der Waals surface area contributed by atoms with E-state index in [2.05, 4.69) is 13.2 Å². The van der Waals surface area contributed by atoms with E-state index in [-0.39, 0.29) is 17.4 Å². The Morgan fingerprint density at radius 2 is 1.65 bits per heavy atom. The van der Waals surface area contributed by atoms with Crippen molar-refractivity contribution in [2.45, 2.75) is 84.2 Å².